The molecule has 128 valence electrons. The van der Waals surface area contributed by atoms with Crippen molar-refractivity contribution in [2.24, 2.45) is 10.1 Å². The van der Waals surface area contributed by atoms with Gasteiger partial charge in [0.1, 0.15) is 4.88 Å². The van der Waals surface area contributed by atoms with Gasteiger partial charge in [-0.25, -0.2) is 4.79 Å². The van der Waals surface area contributed by atoms with E-state index in [4.69, 9.17) is 0 Å². The van der Waals surface area contributed by atoms with Crippen LogP contribution in [-0.4, -0.2) is 29.9 Å². The first kappa shape index (κ1) is 18.3. The Hall–Kier alpha value is -3.06. The number of hydrogen-bond acceptors (Lipinski definition) is 6. The van der Waals surface area contributed by atoms with Crippen LogP contribution in [0.5, 0.6) is 0 Å². The monoisotopic (exact) mass is 355 g/mol. The summed E-state index contributed by atoms with van der Waals surface area (Å²) in [5.41, 5.74) is 0.735. The predicted octanol–water partition coefficient (Wildman–Crippen LogP) is 2.33. The van der Waals surface area contributed by atoms with Crippen molar-refractivity contribution in [3.8, 4) is 0 Å². The quantitative estimate of drug-likeness (QED) is 0.453. The van der Waals surface area contributed by atoms with Crippen molar-refractivity contribution in [2.75, 3.05) is 13.7 Å². The van der Waals surface area contributed by atoms with E-state index in [-0.39, 0.29) is 16.9 Å². The number of nitrogens with zero attached hydrogens (tertiary/aromatic N) is 3. The molecule has 0 aliphatic rings. The molecule has 1 aromatic carbocycles. The lowest BCUT2D eigenvalue weighted by atomic mass is 10.2. The number of carbonyl (C=O) groups excluding carboxylic acids is 1. The summed E-state index contributed by atoms with van der Waals surface area (Å²) in [5.74, 6) is -0.596. The van der Waals surface area contributed by atoms with E-state index in [2.05, 4.69) is 21.4 Å². The van der Waals surface area contributed by atoms with Crippen molar-refractivity contribution >= 4 is 29.8 Å². The molecular formula is C18H17N3O3S. The van der Waals surface area contributed by atoms with Gasteiger partial charge < -0.3 is 4.74 Å². The van der Waals surface area contributed by atoms with Gasteiger partial charge in [0.2, 0.25) is 10.9 Å². The van der Waals surface area contributed by atoms with Gasteiger partial charge >= 0.3 is 5.97 Å². The minimum atomic E-state index is -0.596. The van der Waals surface area contributed by atoms with Crippen LogP contribution < -0.4 is 10.9 Å². The second-order valence-electron chi connectivity index (χ2n) is 4.72. The summed E-state index contributed by atoms with van der Waals surface area (Å²) in [6.45, 7) is 3.85. The van der Waals surface area contributed by atoms with E-state index in [9.17, 15) is 9.59 Å². The Morgan fingerprint density at radius 2 is 2.12 bits per heavy atom. The number of aromatic nitrogens is 1. The Bertz CT molecular complexity index is 925. The molecule has 25 heavy (non-hydrogen) atoms. The highest BCUT2D eigenvalue weighted by Gasteiger charge is 2.10. The second-order valence-corrected chi connectivity index (χ2v) is 5.68. The van der Waals surface area contributed by atoms with Crippen molar-refractivity contribution in [1.29, 1.82) is 0 Å². The average Bonchev–Trinajstić information content (AvgIpc) is 2.64. The maximum Gasteiger partial charge on any atom is 0.349 e. The Balaban J connectivity index is 2.39. The lowest BCUT2D eigenvalue weighted by molar-refractivity contribution is 0.0605. The molecule has 0 spiro atoms. The van der Waals surface area contributed by atoms with Gasteiger partial charge in [-0.1, -0.05) is 42.5 Å². The van der Waals surface area contributed by atoms with Crippen molar-refractivity contribution < 1.29 is 9.53 Å². The lowest BCUT2D eigenvalue weighted by Gasteiger charge is -2.01. The summed E-state index contributed by atoms with van der Waals surface area (Å²) in [6, 6.07) is 10.9. The predicted molar refractivity (Wildman–Crippen MR) is 99.9 cm³/mol. The summed E-state index contributed by atoms with van der Waals surface area (Å²) in [4.78, 5) is 28.2. The van der Waals surface area contributed by atoms with Crippen molar-refractivity contribution in [1.82, 2.24) is 4.07 Å². The number of hydrogen-bond donors (Lipinski definition) is 0. The number of benzene rings is 1. The normalized spacial score (nSPS) is 12.0. The molecule has 0 saturated heterocycles. The first-order valence-corrected chi connectivity index (χ1v) is 8.16. The highest BCUT2D eigenvalue weighted by atomic mass is 32.1. The number of allylic oxidation sites excluding steroid dienone is 1. The van der Waals surface area contributed by atoms with Crippen molar-refractivity contribution in [3.63, 3.8) is 0 Å². The second kappa shape index (κ2) is 9.29. The minimum absolute atomic E-state index is 0.127. The topological polar surface area (TPSA) is 73.0 Å². The summed E-state index contributed by atoms with van der Waals surface area (Å²) in [6.07, 6.45) is 6.71. The van der Waals surface area contributed by atoms with Gasteiger partial charge in [-0.15, -0.1) is 6.58 Å². The molecular weight excluding hydrogens is 338 g/mol. The zero-order chi connectivity index (χ0) is 18.1. The van der Waals surface area contributed by atoms with Gasteiger partial charge in [-0.2, -0.15) is 9.17 Å². The van der Waals surface area contributed by atoms with Crippen molar-refractivity contribution in [2.45, 2.75) is 0 Å². The summed E-state index contributed by atoms with van der Waals surface area (Å²) in [5, 5.41) is 4.20. The van der Waals surface area contributed by atoms with Crippen LogP contribution in [0.15, 0.2) is 70.0 Å². The maximum absolute atomic E-state index is 12.2. The van der Waals surface area contributed by atoms with Crippen LogP contribution in [0.4, 0.5) is 0 Å². The molecule has 2 aromatic rings. The number of ether oxygens (including phenoxy) is 1. The fraction of sp³-hybridized carbons (Fsp3) is 0.111. The third-order valence-corrected chi connectivity index (χ3v) is 3.87. The summed E-state index contributed by atoms with van der Waals surface area (Å²) >= 11 is 0.975. The average molecular weight is 355 g/mol. The first-order valence-electron chi connectivity index (χ1n) is 7.39. The highest BCUT2D eigenvalue weighted by molar-refractivity contribution is 7.08. The van der Waals surface area contributed by atoms with E-state index in [1.54, 1.807) is 12.2 Å². The Kier molecular flexibility index (Phi) is 6.79. The molecule has 2 rings (SSSR count). The number of methoxy groups -OCH3 is 1. The van der Waals surface area contributed by atoms with Crippen LogP contribution in [0.1, 0.15) is 15.2 Å². The molecule has 1 aromatic heterocycles. The Morgan fingerprint density at radius 1 is 1.36 bits per heavy atom. The molecule has 0 aliphatic heterocycles. The molecule has 0 fully saturated rings. The van der Waals surface area contributed by atoms with Gasteiger partial charge in [0.05, 0.1) is 13.7 Å². The van der Waals surface area contributed by atoms with Crippen LogP contribution in [0, 0.1) is 0 Å². The van der Waals surface area contributed by atoms with Gasteiger partial charge in [-0.05, 0) is 23.2 Å². The highest BCUT2D eigenvalue weighted by Crippen LogP contribution is 2.04. The molecule has 0 amide bonds. The van der Waals surface area contributed by atoms with Crippen LogP contribution in [-0.2, 0) is 4.74 Å². The molecule has 0 bridgehead atoms. The van der Waals surface area contributed by atoms with E-state index in [1.807, 2.05) is 36.4 Å². The molecule has 6 nitrogen and oxygen atoms in total. The van der Waals surface area contributed by atoms with Gasteiger partial charge in [0, 0.05) is 12.3 Å². The third-order valence-electron chi connectivity index (χ3n) is 2.95. The molecule has 1 heterocycles. The molecule has 0 aliphatic carbocycles. The smallest absolute Gasteiger partial charge is 0.349 e. The van der Waals surface area contributed by atoms with E-state index < -0.39 is 11.4 Å². The molecule has 0 radical (unpaired) electrons. The van der Waals surface area contributed by atoms with Gasteiger partial charge in [0.25, 0.3) is 0 Å². The number of esters is 1. The van der Waals surface area contributed by atoms with Gasteiger partial charge in [0.15, 0.2) is 0 Å². The Morgan fingerprint density at radius 3 is 2.80 bits per heavy atom. The van der Waals surface area contributed by atoms with Crippen LogP contribution in [0.2, 0.25) is 0 Å². The standard InChI is InChI=1S/C18H17N3O3S/c1-3-11-19-17-15(22)13-16(18(23)24-2)25-21(17)20-12-7-10-14-8-5-4-6-9-14/h3-10,12-13H,1,11H2,2H3/b10-7+,19-17?,20-12+. The number of carbonyl (C=O) groups is 1. The number of rotatable bonds is 6. The van der Waals surface area contributed by atoms with Crippen LogP contribution in [0.3, 0.4) is 0 Å². The van der Waals surface area contributed by atoms with Crippen molar-refractivity contribution in [3.05, 3.63) is 81.3 Å². The zero-order valence-electron chi connectivity index (χ0n) is 13.7. The largest absolute Gasteiger partial charge is 0.465 e. The van der Waals surface area contributed by atoms with E-state index in [0.717, 1.165) is 17.1 Å². The first-order chi connectivity index (χ1) is 12.2. The third kappa shape index (κ3) is 5.22. The zero-order valence-corrected chi connectivity index (χ0v) is 14.5. The fourth-order valence-electron chi connectivity index (χ4n) is 1.82. The van der Waals surface area contributed by atoms with Crippen LogP contribution in [0.25, 0.3) is 6.08 Å². The van der Waals surface area contributed by atoms with E-state index in [1.165, 1.54) is 23.5 Å². The molecule has 0 saturated carbocycles. The Labute approximate surface area is 148 Å². The fourth-order valence-corrected chi connectivity index (χ4v) is 2.66. The molecule has 0 atom stereocenters. The maximum atomic E-state index is 12.2. The van der Waals surface area contributed by atoms with Crippen LogP contribution >= 0.6 is 11.5 Å². The van der Waals surface area contributed by atoms with Gasteiger partial charge in [-0.3, -0.25) is 9.79 Å². The summed E-state index contributed by atoms with van der Waals surface area (Å²) < 4.78 is 5.96. The lowest BCUT2D eigenvalue weighted by Crippen LogP contribution is -2.33. The minimum Gasteiger partial charge on any atom is -0.465 e. The summed E-state index contributed by atoms with van der Waals surface area (Å²) in [7, 11) is 1.26. The SMILES string of the molecule is C=CCN=c1c(=O)cc(C(=O)OC)sn1/N=C/C=C/c1ccccc1. The molecule has 0 N–H and O–H groups in total. The van der Waals surface area contributed by atoms with E-state index in [0.29, 0.717) is 0 Å². The van der Waals surface area contributed by atoms with E-state index >= 15 is 0 Å². The molecule has 0 unspecified atom stereocenters. The molecule has 7 heteroatoms.